The average molecular weight is 195 g/mol. The van der Waals surface area contributed by atoms with Crippen molar-refractivity contribution < 1.29 is 0 Å². The third-order valence-corrected chi connectivity index (χ3v) is 4.54. The Hall–Kier alpha value is -0.540. The van der Waals surface area contributed by atoms with Crippen molar-refractivity contribution in [2.45, 2.75) is 5.75 Å². The molecule has 2 rings (SSSR count). The van der Waals surface area contributed by atoms with Crippen LogP contribution in [0.3, 0.4) is 0 Å². The summed E-state index contributed by atoms with van der Waals surface area (Å²) in [6.07, 6.45) is 1.90. The summed E-state index contributed by atoms with van der Waals surface area (Å²) < 4.78 is 4.34. The van der Waals surface area contributed by atoms with E-state index in [1.165, 1.54) is 5.56 Å². The lowest BCUT2D eigenvalue weighted by atomic mass is 10.2. The fourth-order valence-corrected chi connectivity index (χ4v) is 3.62. The van der Waals surface area contributed by atoms with Crippen molar-refractivity contribution in [3.63, 3.8) is 0 Å². The number of nitrogens with zero attached hydrogens (tertiary/aromatic N) is 1. The van der Waals surface area contributed by atoms with Crippen LogP contribution in [0.2, 0.25) is 0 Å². The Morgan fingerprint density at radius 2 is 2.08 bits per heavy atom. The summed E-state index contributed by atoms with van der Waals surface area (Å²) in [5.41, 5.74) is 1.38. The van der Waals surface area contributed by atoms with Gasteiger partial charge in [0, 0.05) is 17.4 Å². The second-order valence-corrected chi connectivity index (χ2v) is 5.78. The molecule has 0 bridgehead atoms. The molecule has 0 radical (unpaired) electrons. The highest BCUT2D eigenvalue weighted by atomic mass is 33.1. The van der Waals surface area contributed by atoms with E-state index in [0.29, 0.717) is 0 Å². The van der Waals surface area contributed by atoms with Crippen molar-refractivity contribution in [3.8, 4) is 0 Å². The summed E-state index contributed by atoms with van der Waals surface area (Å²) in [4.78, 5) is 0. The Bertz CT molecular complexity index is 317. The van der Waals surface area contributed by atoms with Gasteiger partial charge < -0.3 is 0 Å². The highest BCUT2D eigenvalue weighted by molar-refractivity contribution is 8.71. The van der Waals surface area contributed by atoms with Crippen LogP contribution < -0.4 is 0 Å². The quantitative estimate of drug-likeness (QED) is 0.660. The summed E-state index contributed by atoms with van der Waals surface area (Å²) in [6.45, 7) is 0. The van der Waals surface area contributed by atoms with Crippen molar-refractivity contribution >= 4 is 20.5 Å². The van der Waals surface area contributed by atoms with Crippen molar-refractivity contribution in [3.05, 3.63) is 47.5 Å². The molecule has 3 heteroatoms. The molecule has 0 saturated carbocycles. The standard InChI is InChI=1S/C9H9NS2/c1-2-4-9(5-3-1)8-12-10-6-7-11-12/h1-7H,8H2. The van der Waals surface area contributed by atoms with Gasteiger partial charge in [-0.3, -0.25) is 0 Å². The van der Waals surface area contributed by atoms with Crippen LogP contribution in [0.5, 0.6) is 0 Å². The maximum absolute atomic E-state index is 4.34. The number of rotatable bonds is 2. The van der Waals surface area contributed by atoms with Gasteiger partial charge in [-0.15, -0.1) is 0 Å². The fourth-order valence-electron chi connectivity index (χ4n) is 0.995. The van der Waals surface area contributed by atoms with Crippen LogP contribution in [0.25, 0.3) is 0 Å². The van der Waals surface area contributed by atoms with Gasteiger partial charge in [0.05, 0.1) is 0 Å². The SMILES string of the molecule is C1=CSS(Cc2ccccc2)=N1. The highest BCUT2D eigenvalue weighted by Gasteiger charge is 2.00. The molecule has 1 atom stereocenters. The van der Waals surface area contributed by atoms with Gasteiger partial charge in [-0.1, -0.05) is 41.1 Å². The number of benzene rings is 1. The molecule has 1 heterocycles. The van der Waals surface area contributed by atoms with Crippen LogP contribution in [-0.2, 0) is 15.5 Å². The largest absolute Gasteiger partial charge is 0.224 e. The molecular formula is C9H9NS2. The Morgan fingerprint density at radius 3 is 2.75 bits per heavy atom. The van der Waals surface area contributed by atoms with Crippen molar-refractivity contribution in [2.24, 2.45) is 4.36 Å². The molecule has 0 fully saturated rings. The fraction of sp³-hybridized carbons (Fsp3) is 0.111. The Morgan fingerprint density at radius 1 is 1.25 bits per heavy atom. The first-order valence-electron chi connectivity index (χ1n) is 3.73. The number of hydrogen-bond acceptors (Lipinski definition) is 2. The van der Waals surface area contributed by atoms with Crippen LogP contribution >= 0.6 is 10.8 Å². The van der Waals surface area contributed by atoms with Gasteiger partial charge in [0.25, 0.3) is 0 Å². The molecule has 1 aliphatic heterocycles. The Kier molecular flexibility index (Phi) is 2.64. The predicted molar refractivity (Wildman–Crippen MR) is 56.7 cm³/mol. The molecule has 1 aliphatic rings. The maximum Gasteiger partial charge on any atom is 0.0423 e. The predicted octanol–water partition coefficient (Wildman–Crippen LogP) is 3.12. The molecule has 0 saturated heterocycles. The van der Waals surface area contributed by atoms with Gasteiger partial charge in [-0.2, -0.15) is 0 Å². The van der Waals surface area contributed by atoms with Gasteiger partial charge in [-0.25, -0.2) is 4.36 Å². The van der Waals surface area contributed by atoms with E-state index in [0.717, 1.165) is 5.75 Å². The molecule has 1 nitrogen and oxygen atoms in total. The number of hydrogen-bond donors (Lipinski definition) is 0. The van der Waals surface area contributed by atoms with Crippen LogP contribution in [0, 0.1) is 0 Å². The molecule has 1 aromatic rings. The summed E-state index contributed by atoms with van der Waals surface area (Å²) in [7, 11) is 1.97. The Labute approximate surface area is 78.4 Å². The lowest BCUT2D eigenvalue weighted by Gasteiger charge is -1.99. The summed E-state index contributed by atoms with van der Waals surface area (Å²) >= 11 is 0. The zero-order valence-electron chi connectivity index (χ0n) is 6.51. The summed E-state index contributed by atoms with van der Waals surface area (Å²) in [5, 5.41) is 2.06. The first-order chi connectivity index (χ1) is 5.95. The zero-order valence-corrected chi connectivity index (χ0v) is 8.15. The summed E-state index contributed by atoms with van der Waals surface area (Å²) in [5.74, 6) is 1.07. The minimum atomic E-state index is 0.152. The van der Waals surface area contributed by atoms with Crippen LogP contribution in [0.1, 0.15) is 5.56 Å². The third kappa shape index (κ3) is 1.99. The molecule has 0 N–H and O–H groups in total. The molecule has 0 amide bonds. The lowest BCUT2D eigenvalue weighted by molar-refractivity contribution is 1.41. The Balaban J connectivity index is 2.05. The van der Waals surface area contributed by atoms with Crippen LogP contribution in [0.4, 0.5) is 0 Å². The molecule has 12 heavy (non-hydrogen) atoms. The van der Waals surface area contributed by atoms with Gasteiger partial charge in [0.1, 0.15) is 0 Å². The molecule has 0 aromatic heterocycles. The smallest absolute Gasteiger partial charge is 0.0423 e. The van der Waals surface area contributed by atoms with E-state index in [1.54, 1.807) is 0 Å². The first kappa shape index (κ1) is 8.08. The zero-order chi connectivity index (χ0) is 8.23. The molecule has 1 unspecified atom stereocenters. The second-order valence-electron chi connectivity index (χ2n) is 2.44. The highest BCUT2D eigenvalue weighted by Crippen LogP contribution is 2.22. The third-order valence-electron chi connectivity index (χ3n) is 1.54. The topological polar surface area (TPSA) is 12.4 Å². The lowest BCUT2D eigenvalue weighted by Crippen LogP contribution is -1.86. The minimum absolute atomic E-state index is 0.152. The first-order valence-corrected chi connectivity index (χ1v) is 6.48. The second kappa shape index (κ2) is 3.92. The van der Waals surface area contributed by atoms with Gasteiger partial charge in [0.15, 0.2) is 0 Å². The van der Waals surface area contributed by atoms with E-state index in [4.69, 9.17) is 0 Å². The molecule has 1 aromatic carbocycles. The van der Waals surface area contributed by atoms with Gasteiger partial charge in [0.2, 0.25) is 0 Å². The van der Waals surface area contributed by atoms with Gasteiger partial charge >= 0.3 is 0 Å². The minimum Gasteiger partial charge on any atom is -0.224 e. The molecular weight excluding hydrogens is 186 g/mol. The van der Waals surface area contributed by atoms with E-state index in [9.17, 15) is 0 Å². The van der Waals surface area contributed by atoms with E-state index >= 15 is 0 Å². The molecule has 0 spiro atoms. The monoisotopic (exact) mass is 195 g/mol. The maximum atomic E-state index is 4.34. The van der Waals surface area contributed by atoms with E-state index in [-0.39, 0.29) is 9.72 Å². The summed E-state index contributed by atoms with van der Waals surface area (Å²) in [6, 6.07) is 10.5. The van der Waals surface area contributed by atoms with Crippen molar-refractivity contribution in [1.82, 2.24) is 0 Å². The van der Waals surface area contributed by atoms with Crippen LogP contribution in [0.15, 0.2) is 46.3 Å². The van der Waals surface area contributed by atoms with E-state index in [2.05, 4.69) is 34.0 Å². The molecule has 0 aliphatic carbocycles. The van der Waals surface area contributed by atoms with Crippen LogP contribution in [-0.4, -0.2) is 0 Å². The molecule has 62 valence electrons. The normalized spacial score (nSPS) is 20.8. The van der Waals surface area contributed by atoms with E-state index in [1.807, 2.05) is 23.1 Å². The van der Waals surface area contributed by atoms with Gasteiger partial charge in [-0.05, 0) is 15.3 Å². The van der Waals surface area contributed by atoms with Crippen molar-refractivity contribution in [2.75, 3.05) is 0 Å². The van der Waals surface area contributed by atoms with Crippen molar-refractivity contribution in [1.29, 1.82) is 0 Å². The average Bonchev–Trinajstić information content (AvgIpc) is 2.59. The van der Waals surface area contributed by atoms with E-state index < -0.39 is 0 Å².